The topological polar surface area (TPSA) is 133 Å². The first-order valence-electron chi connectivity index (χ1n) is 12.3. The van der Waals surface area contributed by atoms with Crippen LogP contribution in [0.3, 0.4) is 0 Å². The van der Waals surface area contributed by atoms with Crippen molar-refractivity contribution in [2.75, 3.05) is 26.5 Å². The van der Waals surface area contributed by atoms with Crippen LogP contribution in [-0.2, 0) is 36.1 Å². The van der Waals surface area contributed by atoms with Gasteiger partial charge in [0.2, 0.25) is 31.9 Å². The molecular formula is C25H30ClFN4O7S2. The molecule has 40 heavy (non-hydrogen) atoms. The van der Waals surface area contributed by atoms with Crippen molar-refractivity contribution in [1.82, 2.24) is 18.8 Å². The van der Waals surface area contributed by atoms with Crippen LogP contribution in [0.5, 0.6) is 5.75 Å². The highest BCUT2D eigenvalue weighted by Crippen LogP contribution is 2.35. The van der Waals surface area contributed by atoms with Crippen molar-refractivity contribution in [1.29, 1.82) is 0 Å². The molecule has 0 aromatic heterocycles. The lowest BCUT2D eigenvalue weighted by molar-refractivity contribution is -0.168. The van der Waals surface area contributed by atoms with E-state index in [2.05, 4.69) is 4.72 Å². The molecule has 0 bridgehead atoms. The molecule has 2 aromatic carbocycles. The van der Waals surface area contributed by atoms with E-state index >= 15 is 0 Å². The molecule has 4 rings (SSSR count). The largest absolute Gasteiger partial charge is 0.495 e. The van der Waals surface area contributed by atoms with Crippen LogP contribution >= 0.6 is 11.6 Å². The van der Waals surface area contributed by atoms with Gasteiger partial charge in [-0.25, -0.2) is 25.9 Å². The first-order valence-corrected chi connectivity index (χ1v) is 16.0. The van der Waals surface area contributed by atoms with Crippen molar-refractivity contribution in [2.24, 2.45) is 0 Å². The highest BCUT2D eigenvalue weighted by atomic mass is 35.5. The maximum absolute atomic E-state index is 14.3. The van der Waals surface area contributed by atoms with E-state index in [-0.39, 0.29) is 24.8 Å². The molecular weight excluding hydrogens is 587 g/mol. The SMILES string of the molecule is COc1ccc(F)cc1S(=O)(=O)N1CC(NS(C)(=O)=O)C(=O)N2C(Cc3ccc(Cl)cc3)C(=O)N(C(C)C)CC21. The zero-order valence-electron chi connectivity index (χ0n) is 22.2. The molecule has 2 aromatic rings. The highest BCUT2D eigenvalue weighted by molar-refractivity contribution is 7.89. The van der Waals surface area contributed by atoms with Crippen LogP contribution in [0.25, 0.3) is 0 Å². The summed E-state index contributed by atoms with van der Waals surface area (Å²) in [6, 6.07) is 6.58. The monoisotopic (exact) mass is 616 g/mol. The number of hydrogen-bond acceptors (Lipinski definition) is 7. The summed E-state index contributed by atoms with van der Waals surface area (Å²) in [5.74, 6) is -2.14. The predicted octanol–water partition coefficient (Wildman–Crippen LogP) is 1.43. The number of hydrogen-bond donors (Lipinski definition) is 1. The number of methoxy groups -OCH3 is 1. The van der Waals surface area contributed by atoms with E-state index in [9.17, 15) is 30.8 Å². The molecule has 2 fully saturated rings. The quantitative estimate of drug-likeness (QED) is 0.474. The Morgan fingerprint density at radius 3 is 2.27 bits per heavy atom. The first kappa shape index (κ1) is 30.2. The lowest BCUT2D eigenvalue weighted by Crippen LogP contribution is -2.76. The molecule has 2 aliphatic rings. The Bertz CT molecular complexity index is 1520. The lowest BCUT2D eigenvalue weighted by Gasteiger charge is -2.54. The van der Waals surface area contributed by atoms with E-state index in [1.807, 2.05) is 0 Å². The van der Waals surface area contributed by atoms with Crippen LogP contribution in [0.4, 0.5) is 4.39 Å². The molecule has 0 saturated carbocycles. The van der Waals surface area contributed by atoms with Gasteiger partial charge in [-0.1, -0.05) is 23.7 Å². The van der Waals surface area contributed by atoms with Gasteiger partial charge in [0.25, 0.3) is 0 Å². The molecule has 11 nitrogen and oxygen atoms in total. The van der Waals surface area contributed by atoms with Gasteiger partial charge in [-0.05, 0) is 49.7 Å². The normalized spacial score (nSPS) is 22.5. The molecule has 0 aliphatic carbocycles. The van der Waals surface area contributed by atoms with Gasteiger partial charge in [-0.15, -0.1) is 0 Å². The molecule has 2 amide bonds. The van der Waals surface area contributed by atoms with Crippen LogP contribution in [0.1, 0.15) is 19.4 Å². The molecule has 15 heteroatoms. The van der Waals surface area contributed by atoms with E-state index in [0.717, 1.165) is 33.7 Å². The number of fused-ring (bicyclic) bond motifs is 1. The molecule has 3 unspecified atom stereocenters. The Labute approximate surface area is 237 Å². The fraction of sp³-hybridized carbons (Fsp3) is 0.440. The van der Waals surface area contributed by atoms with Crippen molar-refractivity contribution in [3.8, 4) is 5.75 Å². The Morgan fingerprint density at radius 2 is 1.70 bits per heavy atom. The summed E-state index contributed by atoms with van der Waals surface area (Å²) in [5.41, 5.74) is 0.652. The van der Waals surface area contributed by atoms with Crippen molar-refractivity contribution < 1.29 is 35.6 Å². The number of carbonyl (C=O) groups excluding carboxylic acids is 2. The maximum Gasteiger partial charge on any atom is 0.248 e. The van der Waals surface area contributed by atoms with E-state index < -0.39 is 67.4 Å². The summed E-state index contributed by atoms with van der Waals surface area (Å²) < 4.78 is 75.2. The number of rotatable bonds is 8. The van der Waals surface area contributed by atoms with E-state index in [0.29, 0.717) is 10.6 Å². The number of nitrogens with one attached hydrogen (secondary N) is 1. The van der Waals surface area contributed by atoms with E-state index in [4.69, 9.17) is 16.3 Å². The van der Waals surface area contributed by atoms with Gasteiger partial charge in [-0.3, -0.25) is 9.59 Å². The molecule has 2 aliphatic heterocycles. The average Bonchev–Trinajstić information content (AvgIpc) is 2.87. The molecule has 3 atom stereocenters. The number of carbonyl (C=O) groups is 2. The minimum atomic E-state index is -4.59. The van der Waals surface area contributed by atoms with Crippen LogP contribution < -0.4 is 9.46 Å². The minimum Gasteiger partial charge on any atom is -0.495 e. The van der Waals surface area contributed by atoms with Crippen LogP contribution in [0, 0.1) is 5.82 Å². The first-order chi connectivity index (χ1) is 18.6. The van der Waals surface area contributed by atoms with E-state index in [1.165, 1.54) is 12.0 Å². The third-order valence-corrected chi connectivity index (χ3v) is 9.72. The Kier molecular flexibility index (Phi) is 8.48. The number of amides is 2. The number of sulfonamides is 2. The standard InChI is InChI=1S/C25H30ClFN4O7S2/c1-15(2)29-14-23-30(40(36,37)22-12-18(27)9-10-21(22)38-3)13-19(28-39(4,34)35)24(32)31(23)20(25(29)33)11-16-5-7-17(26)8-6-16/h5-10,12,15,19-20,23,28H,11,13-14H2,1-4H3. The minimum absolute atomic E-state index is 0.0181. The summed E-state index contributed by atoms with van der Waals surface area (Å²) >= 11 is 6.01. The molecule has 2 saturated heterocycles. The third kappa shape index (κ3) is 5.96. The van der Waals surface area contributed by atoms with E-state index in [1.54, 1.807) is 38.1 Å². The highest BCUT2D eigenvalue weighted by Gasteiger charge is 2.54. The average molecular weight is 617 g/mol. The number of halogens is 2. The van der Waals surface area contributed by atoms with Crippen LogP contribution in [0.2, 0.25) is 5.02 Å². The fourth-order valence-corrected chi connectivity index (χ4v) is 7.61. The summed E-state index contributed by atoms with van der Waals surface area (Å²) in [7, 11) is -7.34. The molecule has 1 N–H and O–H groups in total. The van der Waals surface area contributed by atoms with Gasteiger partial charge < -0.3 is 14.5 Å². The van der Waals surface area contributed by atoms with Gasteiger partial charge in [0, 0.05) is 24.0 Å². The molecule has 2 heterocycles. The molecule has 218 valence electrons. The number of benzene rings is 2. The van der Waals surface area contributed by atoms with Crippen molar-refractivity contribution in [3.63, 3.8) is 0 Å². The maximum atomic E-state index is 14.3. The second kappa shape index (κ2) is 11.2. The zero-order valence-corrected chi connectivity index (χ0v) is 24.6. The third-order valence-electron chi connectivity index (χ3n) is 6.87. The zero-order chi connectivity index (χ0) is 29.6. The van der Waals surface area contributed by atoms with Gasteiger partial charge in [0.1, 0.15) is 34.7 Å². The predicted molar refractivity (Wildman–Crippen MR) is 145 cm³/mol. The van der Waals surface area contributed by atoms with Crippen molar-refractivity contribution in [2.45, 2.75) is 49.5 Å². The van der Waals surface area contributed by atoms with Crippen LogP contribution in [0.15, 0.2) is 47.4 Å². The second-order valence-corrected chi connectivity index (χ2v) is 14.0. The second-order valence-electron chi connectivity index (χ2n) is 9.97. The van der Waals surface area contributed by atoms with Gasteiger partial charge >= 0.3 is 0 Å². The van der Waals surface area contributed by atoms with Crippen LogP contribution in [-0.4, -0.2) is 93.5 Å². The fourth-order valence-electron chi connectivity index (χ4n) is 5.04. The number of nitrogens with zero attached hydrogens (tertiary/aromatic N) is 3. The molecule has 0 spiro atoms. The summed E-state index contributed by atoms with van der Waals surface area (Å²) in [5, 5.41) is 0.466. The number of ether oxygens (including phenoxy) is 1. The smallest absolute Gasteiger partial charge is 0.248 e. The lowest BCUT2D eigenvalue weighted by atomic mass is 9.96. The van der Waals surface area contributed by atoms with Gasteiger partial charge in [0.05, 0.1) is 19.9 Å². The van der Waals surface area contributed by atoms with Gasteiger partial charge in [0.15, 0.2) is 0 Å². The molecule has 0 radical (unpaired) electrons. The summed E-state index contributed by atoms with van der Waals surface area (Å²) in [6.07, 6.45) is -0.349. The van der Waals surface area contributed by atoms with Crippen molar-refractivity contribution >= 4 is 43.5 Å². The Morgan fingerprint density at radius 1 is 1.05 bits per heavy atom. The van der Waals surface area contributed by atoms with Crippen molar-refractivity contribution in [3.05, 3.63) is 58.9 Å². The Hall–Kier alpha value is -2.78. The number of piperazine rings is 1. The Balaban J connectivity index is 1.88. The summed E-state index contributed by atoms with van der Waals surface area (Å²) in [6.45, 7) is 2.77. The summed E-state index contributed by atoms with van der Waals surface area (Å²) in [4.78, 5) is 29.6. The van der Waals surface area contributed by atoms with Gasteiger partial charge in [-0.2, -0.15) is 4.31 Å².